The van der Waals surface area contributed by atoms with E-state index >= 15 is 0 Å². The highest BCUT2D eigenvalue weighted by atomic mass is 79.9. The molecule has 1 aromatic carbocycles. The fourth-order valence-corrected chi connectivity index (χ4v) is 2.14. The first-order valence-electron chi connectivity index (χ1n) is 5.18. The topological polar surface area (TPSA) is 64.6 Å². The Kier molecular flexibility index (Phi) is 5.15. The number of hydrogen-bond acceptors (Lipinski definition) is 5. The van der Waals surface area contributed by atoms with Crippen molar-refractivity contribution in [3.8, 4) is 0 Å². The number of methoxy groups -OCH3 is 2. The first-order chi connectivity index (χ1) is 8.49. The maximum absolute atomic E-state index is 11.7. The van der Waals surface area contributed by atoms with Crippen LogP contribution in [0.4, 0.5) is 5.69 Å². The Bertz CT molecular complexity index is 473. The zero-order valence-corrected chi connectivity index (χ0v) is 12.0. The van der Waals surface area contributed by atoms with Gasteiger partial charge in [0.2, 0.25) is 0 Å². The molecule has 98 valence electrons. The molecule has 6 heteroatoms. The van der Waals surface area contributed by atoms with Gasteiger partial charge in [-0.05, 0) is 40.5 Å². The summed E-state index contributed by atoms with van der Waals surface area (Å²) in [5, 5.41) is 2.85. The lowest BCUT2D eigenvalue weighted by molar-refractivity contribution is -0.138. The van der Waals surface area contributed by atoms with Crippen LogP contribution in [0.1, 0.15) is 15.9 Å². The van der Waals surface area contributed by atoms with Gasteiger partial charge in [0.15, 0.2) is 0 Å². The van der Waals surface area contributed by atoms with Crippen LogP contribution in [0.15, 0.2) is 16.6 Å². The van der Waals surface area contributed by atoms with Crippen molar-refractivity contribution < 1.29 is 19.1 Å². The summed E-state index contributed by atoms with van der Waals surface area (Å²) >= 11 is 3.35. The Morgan fingerprint density at radius 3 is 2.50 bits per heavy atom. The first kappa shape index (κ1) is 14.5. The van der Waals surface area contributed by atoms with Crippen LogP contribution in [0, 0.1) is 6.92 Å². The molecule has 1 rings (SSSR count). The van der Waals surface area contributed by atoms with Crippen molar-refractivity contribution in [2.24, 2.45) is 0 Å². The largest absolute Gasteiger partial charge is 0.468 e. The lowest BCUT2D eigenvalue weighted by atomic mass is 10.1. The number of halogens is 1. The summed E-state index contributed by atoms with van der Waals surface area (Å²) in [4.78, 5) is 22.8. The summed E-state index contributed by atoms with van der Waals surface area (Å²) in [6.07, 6.45) is 0. The zero-order chi connectivity index (χ0) is 13.7. The third kappa shape index (κ3) is 3.46. The minimum atomic E-state index is -0.466. The number of carbonyl (C=O) groups is 2. The fraction of sp³-hybridized carbons (Fsp3) is 0.333. The highest BCUT2D eigenvalue weighted by Crippen LogP contribution is 2.28. The van der Waals surface area contributed by atoms with Crippen molar-refractivity contribution >= 4 is 33.6 Å². The number of nitrogens with one attached hydrogen (secondary N) is 1. The SMILES string of the molecule is COC(=O)CNc1c(Br)cc(C)cc1C(=O)OC. The van der Waals surface area contributed by atoms with E-state index in [1.165, 1.54) is 14.2 Å². The molecule has 0 spiro atoms. The summed E-state index contributed by atoms with van der Waals surface area (Å²) in [6.45, 7) is 1.84. The van der Waals surface area contributed by atoms with Crippen LogP contribution in [0.5, 0.6) is 0 Å². The van der Waals surface area contributed by atoms with Crippen LogP contribution in [-0.4, -0.2) is 32.7 Å². The maximum Gasteiger partial charge on any atom is 0.340 e. The number of ether oxygens (including phenoxy) is 2. The highest BCUT2D eigenvalue weighted by Gasteiger charge is 2.16. The molecule has 0 unspecified atom stereocenters. The molecule has 5 nitrogen and oxygen atoms in total. The van der Waals surface area contributed by atoms with Crippen LogP contribution in [0.25, 0.3) is 0 Å². The normalized spacial score (nSPS) is 9.78. The molecule has 0 atom stereocenters. The Morgan fingerprint density at radius 1 is 1.28 bits per heavy atom. The van der Waals surface area contributed by atoms with E-state index in [1.54, 1.807) is 6.07 Å². The van der Waals surface area contributed by atoms with E-state index < -0.39 is 11.9 Å². The van der Waals surface area contributed by atoms with Gasteiger partial charge in [-0.15, -0.1) is 0 Å². The average molecular weight is 316 g/mol. The van der Waals surface area contributed by atoms with Crippen molar-refractivity contribution in [3.05, 3.63) is 27.7 Å². The molecule has 18 heavy (non-hydrogen) atoms. The summed E-state index contributed by atoms with van der Waals surface area (Å²) < 4.78 is 9.92. The van der Waals surface area contributed by atoms with Gasteiger partial charge in [0.1, 0.15) is 6.54 Å². The minimum Gasteiger partial charge on any atom is -0.468 e. The standard InChI is InChI=1S/C12H14BrNO4/c1-7-4-8(12(16)18-3)11(9(13)5-7)14-6-10(15)17-2/h4-5,14H,6H2,1-3H3. The van der Waals surface area contributed by atoms with Crippen LogP contribution in [0.3, 0.4) is 0 Å². The fourth-order valence-electron chi connectivity index (χ4n) is 1.43. The van der Waals surface area contributed by atoms with Gasteiger partial charge in [-0.3, -0.25) is 4.79 Å². The maximum atomic E-state index is 11.7. The molecule has 0 aliphatic rings. The first-order valence-corrected chi connectivity index (χ1v) is 5.98. The van der Waals surface area contributed by atoms with Gasteiger partial charge in [0, 0.05) is 4.47 Å². The lowest BCUT2D eigenvalue weighted by Gasteiger charge is -2.13. The second-order valence-corrected chi connectivity index (χ2v) is 4.44. The third-order valence-corrected chi connectivity index (χ3v) is 2.90. The van der Waals surface area contributed by atoms with E-state index in [9.17, 15) is 9.59 Å². The smallest absolute Gasteiger partial charge is 0.340 e. The number of hydrogen-bond donors (Lipinski definition) is 1. The number of anilines is 1. The molecular formula is C12H14BrNO4. The van der Waals surface area contributed by atoms with Crippen LogP contribution < -0.4 is 5.32 Å². The number of aryl methyl sites for hydroxylation is 1. The second kappa shape index (κ2) is 6.39. The quantitative estimate of drug-likeness (QED) is 0.862. The van der Waals surface area contributed by atoms with Crippen molar-refractivity contribution in [2.75, 3.05) is 26.1 Å². The Morgan fingerprint density at radius 2 is 1.94 bits per heavy atom. The summed E-state index contributed by atoms with van der Waals surface area (Å²) in [6, 6.07) is 3.53. The minimum absolute atomic E-state index is 0.0256. The van der Waals surface area contributed by atoms with Crippen LogP contribution >= 0.6 is 15.9 Å². The van der Waals surface area contributed by atoms with E-state index in [2.05, 4.69) is 26.0 Å². The van der Waals surface area contributed by atoms with E-state index in [0.29, 0.717) is 15.7 Å². The molecular weight excluding hydrogens is 302 g/mol. The molecule has 0 aromatic heterocycles. The number of carbonyl (C=O) groups excluding carboxylic acids is 2. The molecule has 0 saturated heterocycles. The van der Waals surface area contributed by atoms with Crippen LogP contribution in [0.2, 0.25) is 0 Å². The molecule has 0 fully saturated rings. The third-order valence-electron chi connectivity index (χ3n) is 2.28. The molecule has 1 N–H and O–H groups in total. The predicted octanol–water partition coefficient (Wildman–Crippen LogP) is 2.13. The zero-order valence-electron chi connectivity index (χ0n) is 10.4. The van der Waals surface area contributed by atoms with Gasteiger partial charge in [0.25, 0.3) is 0 Å². The van der Waals surface area contributed by atoms with E-state index in [-0.39, 0.29) is 6.54 Å². The van der Waals surface area contributed by atoms with E-state index in [1.807, 2.05) is 13.0 Å². The molecule has 0 bridgehead atoms. The van der Waals surface area contributed by atoms with Crippen molar-refractivity contribution in [3.63, 3.8) is 0 Å². The van der Waals surface area contributed by atoms with Gasteiger partial charge in [-0.1, -0.05) is 0 Å². The lowest BCUT2D eigenvalue weighted by Crippen LogP contribution is -2.17. The highest BCUT2D eigenvalue weighted by molar-refractivity contribution is 9.10. The van der Waals surface area contributed by atoms with Crippen LogP contribution in [-0.2, 0) is 14.3 Å². The molecule has 0 amide bonds. The Balaban J connectivity index is 3.07. The summed E-state index contributed by atoms with van der Waals surface area (Å²) in [5.41, 5.74) is 1.79. The van der Waals surface area contributed by atoms with Gasteiger partial charge < -0.3 is 14.8 Å². The van der Waals surface area contributed by atoms with E-state index in [0.717, 1.165) is 5.56 Å². The second-order valence-electron chi connectivity index (χ2n) is 3.59. The van der Waals surface area contributed by atoms with Crippen molar-refractivity contribution in [1.82, 2.24) is 0 Å². The monoisotopic (exact) mass is 315 g/mol. The van der Waals surface area contributed by atoms with Gasteiger partial charge >= 0.3 is 11.9 Å². The number of esters is 2. The summed E-state index contributed by atoms with van der Waals surface area (Å²) in [5.74, 6) is -0.884. The van der Waals surface area contributed by atoms with E-state index in [4.69, 9.17) is 4.74 Å². The van der Waals surface area contributed by atoms with Crippen molar-refractivity contribution in [2.45, 2.75) is 6.92 Å². The Labute approximate surface area is 114 Å². The molecule has 0 heterocycles. The van der Waals surface area contributed by atoms with Gasteiger partial charge in [-0.25, -0.2) is 4.79 Å². The average Bonchev–Trinajstić information content (AvgIpc) is 2.35. The molecule has 1 aromatic rings. The molecule has 0 saturated carbocycles. The predicted molar refractivity (Wildman–Crippen MR) is 70.7 cm³/mol. The molecule has 0 aliphatic carbocycles. The molecule has 0 radical (unpaired) electrons. The number of rotatable bonds is 4. The van der Waals surface area contributed by atoms with Gasteiger partial charge in [-0.2, -0.15) is 0 Å². The summed E-state index contributed by atoms with van der Waals surface area (Å²) in [7, 11) is 2.61. The van der Waals surface area contributed by atoms with Crippen molar-refractivity contribution in [1.29, 1.82) is 0 Å². The number of benzene rings is 1. The van der Waals surface area contributed by atoms with Gasteiger partial charge in [0.05, 0.1) is 25.5 Å². The molecule has 0 aliphatic heterocycles. The Hall–Kier alpha value is -1.56.